The average Bonchev–Trinajstić information content (AvgIpc) is 2.90. The Kier molecular flexibility index (Phi) is 9.24. The van der Waals surface area contributed by atoms with Gasteiger partial charge in [-0.15, -0.1) is 0 Å². The molecule has 0 aliphatic heterocycles. The molecule has 0 aliphatic rings. The highest BCUT2D eigenvalue weighted by Crippen LogP contribution is 2.18. The fourth-order valence-electron chi connectivity index (χ4n) is 3.31. The van der Waals surface area contributed by atoms with Gasteiger partial charge in [0.05, 0.1) is 20.6 Å². The number of carbonyl (C=O) groups excluding carboxylic acids is 3. The minimum absolute atomic E-state index is 0.0959. The van der Waals surface area contributed by atoms with E-state index >= 15 is 0 Å². The van der Waals surface area contributed by atoms with Crippen molar-refractivity contribution in [3.8, 4) is 11.5 Å². The number of ether oxygens (including phenoxy) is 3. The summed E-state index contributed by atoms with van der Waals surface area (Å²) >= 11 is 0. The summed E-state index contributed by atoms with van der Waals surface area (Å²) < 4.78 is 15.4. The van der Waals surface area contributed by atoms with Crippen LogP contribution in [0.4, 0.5) is 5.69 Å². The van der Waals surface area contributed by atoms with Gasteiger partial charge < -0.3 is 24.4 Å². The molecular weight excluding hydrogens is 448 g/mol. The van der Waals surface area contributed by atoms with Crippen LogP contribution in [0.25, 0.3) is 0 Å². The Morgan fingerprint density at radius 1 is 0.857 bits per heavy atom. The minimum Gasteiger partial charge on any atom is -0.497 e. The van der Waals surface area contributed by atoms with Crippen LogP contribution in [0.5, 0.6) is 11.5 Å². The molecule has 0 atom stereocenters. The van der Waals surface area contributed by atoms with Crippen LogP contribution in [-0.2, 0) is 20.9 Å². The van der Waals surface area contributed by atoms with Gasteiger partial charge in [-0.1, -0.05) is 36.4 Å². The highest BCUT2D eigenvalue weighted by Gasteiger charge is 2.18. The Morgan fingerprint density at radius 2 is 1.60 bits per heavy atom. The topological polar surface area (TPSA) is 94.2 Å². The molecule has 0 saturated carbocycles. The van der Waals surface area contributed by atoms with Crippen LogP contribution >= 0.6 is 0 Å². The number of methoxy groups -OCH3 is 2. The monoisotopic (exact) mass is 476 g/mol. The first-order chi connectivity index (χ1) is 17.0. The molecule has 3 aromatic carbocycles. The molecule has 0 unspecified atom stereocenters. The Hall–Kier alpha value is -4.33. The number of benzene rings is 3. The smallest absolute Gasteiger partial charge is 0.307 e. The molecule has 8 heteroatoms. The maximum Gasteiger partial charge on any atom is 0.307 e. The quantitative estimate of drug-likeness (QED) is 0.422. The third kappa shape index (κ3) is 7.89. The normalized spacial score (nSPS) is 10.2. The van der Waals surface area contributed by atoms with Gasteiger partial charge in [-0.3, -0.25) is 14.4 Å². The van der Waals surface area contributed by atoms with Gasteiger partial charge in [-0.05, 0) is 42.0 Å². The summed E-state index contributed by atoms with van der Waals surface area (Å²) in [5.41, 5.74) is 2.00. The van der Waals surface area contributed by atoms with Crippen molar-refractivity contribution in [3.05, 3.63) is 90.0 Å². The number of nitrogens with zero attached hydrogens (tertiary/aromatic N) is 1. The zero-order valence-electron chi connectivity index (χ0n) is 19.7. The largest absolute Gasteiger partial charge is 0.497 e. The third-order valence-corrected chi connectivity index (χ3v) is 5.14. The molecule has 3 rings (SSSR count). The lowest BCUT2D eigenvalue weighted by Gasteiger charge is -2.22. The standard InChI is InChI=1S/C27H28N2O6/c1-33-24-10-6-9-22(17-24)28-25(30)19-35-23-13-11-21(12-14-23)27(32)29(16-15-26(31)34-2)18-20-7-4-3-5-8-20/h3-14,17H,15-16,18-19H2,1-2H3,(H,28,30). The first kappa shape index (κ1) is 25.3. The molecule has 182 valence electrons. The first-order valence-corrected chi connectivity index (χ1v) is 11.1. The molecule has 35 heavy (non-hydrogen) atoms. The molecule has 0 fully saturated rings. The number of carbonyl (C=O) groups is 3. The molecule has 0 spiro atoms. The van der Waals surface area contributed by atoms with Gasteiger partial charge in [0.15, 0.2) is 6.61 Å². The van der Waals surface area contributed by atoms with Crippen molar-refractivity contribution < 1.29 is 28.6 Å². The molecule has 0 saturated heterocycles. The second kappa shape index (κ2) is 12.8. The molecule has 0 aromatic heterocycles. The van der Waals surface area contributed by atoms with Crippen LogP contribution < -0.4 is 14.8 Å². The predicted molar refractivity (Wildman–Crippen MR) is 131 cm³/mol. The fraction of sp³-hybridized carbons (Fsp3) is 0.222. The van der Waals surface area contributed by atoms with Crippen LogP contribution in [0.2, 0.25) is 0 Å². The Morgan fingerprint density at radius 3 is 2.29 bits per heavy atom. The Balaban J connectivity index is 1.59. The van der Waals surface area contributed by atoms with Gasteiger partial charge in [0.1, 0.15) is 11.5 Å². The van der Waals surface area contributed by atoms with E-state index in [9.17, 15) is 14.4 Å². The van der Waals surface area contributed by atoms with Crippen molar-refractivity contribution in [1.82, 2.24) is 4.90 Å². The Labute approximate surface area is 204 Å². The van der Waals surface area contributed by atoms with Crippen LogP contribution in [0.3, 0.4) is 0 Å². The van der Waals surface area contributed by atoms with Gasteiger partial charge in [-0.25, -0.2) is 0 Å². The van der Waals surface area contributed by atoms with Crippen molar-refractivity contribution >= 4 is 23.5 Å². The van der Waals surface area contributed by atoms with Gasteiger partial charge in [0.25, 0.3) is 11.8 Å². The van der Waals surface area contributed by atoms with E-state index in [2.05, 4.69) is 5.32 Å². The van der Waals surface area contributed by atoms with Crippen molar-refractivity contribution in [3.63, 3.8) is 0 Å². The second-order valence-electron chi connectivity index (χ2n) is 7.63. The van der Waals surface area contributed by atoms with E-state index in [0.717, 1.165) is 5.56 Å². The van der Waals surface area contributed by atoms with Gasteiger partial charge >= 0.3 is 5.97 Å². The molecule has 3 aromatic rings. The highest BCUT2D eigenvalue weighted by molar-refractivity contribution is 5.94. The predicted octanol–water partition coefficient (Wildman–Crippen LogP) is 3.92. The summed E-state index contributed by atoms with van der Waals surface area (Å²) in [6.45, 7) is 0.395. The number of rotatable bonds is 11. The van der Waals surface area contributed by atoms with E-state index in [-0.39, 0.29) is 37.4 Å². The van der Waals surface area contributed by atoms with Gasteiger partial charge in [0, 0.05) is 30.4 Å². The van der Waals surface area contributed by atoms with E-state index in [0.29, 0.717) is 29.3 Å². The summed E-state index contributed by atoms with van der Waals surface area (Å²) in [5.74, 6) is 0.158. The van der Waals surface area contributed by atoms with Gasteiger partial charge in [-0.2, -0.15) is 0 Å². The number of esters is 1. The Bertz CT molecular complexity index is 1130. The van der Waals surface area contributed by atoms with Crippen molar-refractivity contribution in [1.29, 1.82) is 0 Å². The first-order valence-electron chi connectivity index (χ1n) is 11.1. The SMILES string of the molecule is COC(=O)CCN(Cc1ccccc1)C(=O)c1ccc(OCC(=O)Nc2cccc(OC)c2)cc1. The lowest BCUT2D eigenvalue weighted by Crippen LogP contribution is -2.32. The molecule has 0 aliphatic carbocycles. The highest BCUT2D eigenvalue weighted by atomic mass is 16.5. The summed E-state index contributed by atoms with van der Waals surface area (Å²) in [4.78, 5) is 38.6. The van der Waals surface area contributed by atoms with Crippen LogP contribution in [0.15, 0.2) is 78.9 Å². The van der Waals surface area contributed by atoms with E-state index in [4.69, 9.17) is 14.2 Å². The van der Waals surface area contributed by atoms with E-state index in [1.165, 1.54) is 7.11 Å². The average molecular weight is 477 g/mol. The van der Waals surface area contributed by atoms with E-state index < -0.39 is 0 Å². The number of hydrogen-bond donors (Lipinski definition) is 1. The summed E-state index contributed by atoms with van der Waals surface area (Å²) in [6.07, 6.45) is 0.0959. The van der Waals surface area contributed by atoms with Crippen molar-refractivity contribution in [2.24, 2.45) is 0 Å². The molecule has 0 heterocycles. The number of amides is 2. The van der Waals surface area contributed by atoms with Crippen molar-refractivity contribution in [2.75, 3.05) is 32.7 Å². The molecule has 0 bridgehead atoms. The molecule has 8 nitrogen and oxygen atoms in total. The summed E-state index contributed by atoms with van der Waals surface area (Å²) in [7, 11) is 2.87. The zero-order chi connectivity index (χ0) is 25.0. The molecule has 1 N–H and O–H groups in total. The maximum absolute atomic E-state index is 13.1. The lowest BCUT2D eigenvalue weighted by molar-refractivity contribution is -0.140. The van der Waals surface area contributed by atoms with Crippen LogP contribution in [-0.4, -0.2) is 50.1 Å². The minimum atomic E-state index is -0.383. The summed E-state index contributed by atoms with van der Waals surface area (Å²) in [6, 6.07) is 23.1. The maximum atomic E-state index is 13.1. The third-order valence-electron chi connectivity index (χ3n) is 5.14. The van der Waals surface area contributed by atoms with E-state index in [1.807, 2.05) is 30.3 Å². The van der Waals surface area contributed by atoms with E-state index in [1.54, 1.807) is 60.5 Å². The van der Waals surface area contributed by atoms with Crippen molar-refractivity contribution in [2.45, 2.75) is 13.0 Å². The molecule has 2 amide bonds. The lowest BCUT2D eigenvalue weighted by atomic mass is 10.1. The number of anilines is 1. The van der Waals surface area contributed by atoms with Gasteiger partial charge in [0.2, 0.25) is 0 Å². The molecule has 0 radical (unpaired) electrons. The molecular formula is C27H28N2O6. The second-order valence-corrected chi connectivity index (χ2v) is 7.63. The number of hydrogen-bond acceptors (Lipinski definition) is 6. The zero-order valence-corrected chi connectivity index (χ0v) is 19.7. The summed E-state index contributed by atoms with van der Waals surface area (Å²) in [5, 5.41) is 2.74. The fourth-order valence-corrected chi connectivity index (χ4v) is 3.31. The van der Waals surface area contributed by atoms with Crippen LogP contribution in [0.1, 0.15) is 22.3 Å². The number of nitrogens with one attached hydrogen (secondary N) is 1. The van der Waals surface area contributed by atoms with Crippen LogP contribution in [0, 0.1) is 0 Å².